The van der Waals surface area contributed by atoms with Crippen molar-refractivity contribution in [1.29, 1.82) is 0 Å². The van der Waals surface area contributed by atoms with Crippen LogP contribution in [0.5, 0.6) is 0 Å². The number of nitrogens with zero attached hydrogens (tertiary/aromatic N) is 1. The van der Waals surface area contributed by atoms with E-state index in [0.29, 0.717) is 18.5 Å². The van der Waals surface area contributed by atoms with Crippen molar-refractivity contribution < 1.29 is 14.7 Å². The molecular weight excluding hydrogens is 220 g/mol. The minimum atomic E-state index is -0.780. The lowest BCUT2D eigenvalue weighted by Crippen LogP contribution is -2.54. The molecule has 0 atom stereocenters. The van der Waals surface area contributed by atoms with Gasteiger partial charge in [0.1, 0.15) is 0 Å². The molecule has 1 heterocycles. The zero-order valence-corrected chi connectivity index (χ0v) is 10.2. The number of hydrogen-bond acceptors (Lipinski definition) is 2. The molecule has 0 aromatic rings. The number of aliphatic carboxylic acids is 1. The number of rotatable bonds is 5. The molecule has 0 unspecified atom stereocenters. The van der Waals surface area contributed by atoms with Crippen LogP contribution < -0.4 is 5.32 Å². The summed E-state index contributed by atoms with van der Waals surface area (Å²) in [7, 11) is 0. The SMILES string of the molecule is CCC1(CNC(=O)N2CC(CC(=O)O)C2)CC1. The number of hydrogen-bond donors (Lipinski definition) is 2. The predicted molar refractivity (Wildman–Crippen MR) is 62.7 cm³/mol. The second-order valence-electron chi connectivity index (χ2n) is 5.38. The van der Waals surface area contributed by atoms with Crippen molar-refractivity contribution in [1.82, 2.24) is 10.2 Å². The van der Waals surface area contributed by atoms with Gasteiger partial charge in [0, 0.05) is 25.6 Å². The number of carboxylic acid groups (broad SMARTS) is 1. The minimum Gasteiger partial charge on any atom is -0.481 e. The van der Waals surface area contributed by atoms with Crippen LogP contribution in [0.15, 0.2) is 0 Å². The van der Waals surface area contributed by atoms with E-state index in [1.165, 1.54) is 12.8 Å². The van der Waals surface area contributed by atoms with Crippen molar-refractivity contribution in [3.05, 3.63) is 0 Å². The third kappa shape index (κ3) is 2.90. The maximum absolute atomic E-state index is 11.7. The van der Waals surface area contributed by atoms with Crippen LogP contribution in [0, 0.1) is 11.3 Å². The largest absolute Gasteiger partial charge is 0.481 e. The van der Waals surface area contributed by atoms with Crippen LogP contribution >= 0.6 is 0 Å². The summed E-state index contributed by atoms with van der Waals surface area (Å²) in [6.45, 7) is 4.09. The van der Waals surface area contributed by atoms with Gasteiger partial charge in [-0.25, -0.2) is 4.79 Å². The van der Waals surface area contributed by atoms with Crippen LogP contribution in [-0.4, -0.2) is 41.6 Å². The van der Waals surface area contributed by atoms with Gasteiger partial charge >= 0.3 is 12.0 Å². The van der Waals surface area contributed by atoms with Crippen molar-refractivity contribution >= 4 is 12.0 Å². The maximum atomic E-state index is 11.7. The van der Waals surface area contributed by atoms with Gasteiger partial charge in [0.15, 0.2) is 0 Å². The number of carbonyl (C=O) groups is 2. The fraction of sp³-hybridized carbons (Fsp3) is 0.833. The molecule has 2 aliphatic rings. The van der Waals surface area contributed by atoms with Crippen LogP contribution in [0.1, 0.15) is 32.6 Å². The molecule has 1 saturated heterocycles. The average Bonchev–Trinajstić information content (AvgIpc) is 3.00. The molecule has 0 aromatic carbocycles. The Morgan fingerprint density at radius 3 is 2.53 bits per heavy atom. The minimum absolute atomic E-state index is 0.0358. The summed E-state index contributed by atoms with van der Waals surface area (Å²) in [6.07, 6.45) is 3.72. The van der Waals surface area contributed by atoms with E-state index in [2.05, 4.69) is 12.2 Å². The second-order valence-corrected chi connectivity index (χ2v) is 5.38. The van der Waals surface area contributed by atoms with Crippen molar-refractivity contribution in [2.75, 3.05) is 19.6 Å². The van der Waals surface area contributed by atoms with Crippen molar-refractivity contribution in [3.63, 3.8) is 0 Å². The fourth-order valence-electron chi connectivity index (χ4n) is 2.32. The molecule has 2 fully saturated rings. The van der Waals surface area contributed by atoms with Crippen LogP contribution in [0.25, 0.3) is 0 Å². The molecule has 5 heteroatoms. The highest BCUT2D eigenvalue weighted by atomic mass is 16.4. The van der Waals surface area contributed by atoms with Gasteiger partial charge in [-0.05, 0) is 24.7 Å². The highest BCUT2D eigenvalue weighted by Crippen LogP contribution is 2.47. The molecule has 96 valence electrons. The van der Waals surface area contributed by atoms with Gasteiger partial charge in [0.25, 0.3) is 0 Å². The fourth-order valence-corrected chi connectivity index (χ4v) is 2.32. The quantitative estimate of drug-likeness (QED) is 0.760. The van der Waals surface area contributed by atoms with Crippen LogP contribution in [0.4, 0.5) is 4.79 Å². The van der Waals surface area contributed by atoms with Gasteiger partial charge in [-0.3, -0.25) is 4.79 Å². The third-order valence-electron chi connectivity index (χ3n) is 4.03. The van der Waals surface area contributed by atoms with Crippen molar-refractivity contribution in [2.24, 2.45) is 11.3 Å². The molecule has 1 saturated carbocycles. The number of carboxylic acids is 1. The van der Waals surface area contributed by atoms with Gasteiger partial charge in [0.2, 0.25) is 0 Å². The normalized spacial score (nSPS) is 21.8. The Morgan fingerprint density at radius 1 is 1.41 bits per heavy atom. The number of urea groups is 1. The highest BCUT2D eigenvalue weighted by molar-refractivity contribution is 5.75. The molecule has 5 nitrogen and oxygen atoms in total. The number of likely N-dealkylation sites (tertiary alicyclic amines) is 1. The molecular formula is C12H20N2O3. The summed E-state index contributed by atoms with van der Waals surface area (Å²) >= 11 is 0. The van der Waals surface area contributed by atoms with Crippen molar-refractivity contribution in [3.8, 4) is 0 Å². The molecule has 0 bridgehead atoms. The van der Waals surface area contributed by atoms with E-state index in [-0.39, 0.29) is 18.4 Å². The van der Waals surface area contributed by atoms with E-state index >= 15 is 0 Å². The zero-order valence-electron chi connectivity index (χ0n) is 10.2. The number of amides is 2. The lowest BCUT2D eigenvalue weighted by Gasteiger charge is -2.38. The van der Waals surface area contributed by atoms with Gasteiger partial charge in [-0.15, -0.1) is 0 Å². The molecule has 2 amide bonds. The Bertz CT molecular complexity index is 320. The average molecular weight is 240 g/mol. The first-order chi connectivity index (χ1) is 8.04. The second kappa shape index (κ2) is 4.55. The molecule has 17 heavy (non-hydrogen) atoms. The van der Waals surface area contributed by atoms with Gasteiger partial charge in [-0.2, -0.15) is 0 Å². The van der Waals surface area contributed by atoms with E-state index in [1.54, 1.807) is 4.90 Å². The monoisotopic (exact) mass is 240 g/mol. The van der Waals surface area contributed by atoms with Crippen molar-refractivity contribution in [2.45, 2.75) is 32.6 Å². The predicted octanol–water partition coefficient (Wildman–Crippen LogP) is 1.29. The van der Waals surface area contributed by atoms with E-state index < -0.39 is 5.97 Å². The Kier molecular flexibility index (Phi) is 3.26. The lowest BCUT2D eigenvalue weighted by atomic mass is 9.97. The Morgan fingerprint density at radius 2 is 2.06 bits per heavy atom. The molecule has 0 radical (unpaired) electrons. The van der Waals surface area contributed by atoms with Gasteiger partial charge < -0.3 is 15.3 Å². The summed E-state index contributed by atoms with van der Waals surface area (Å²) in [6, 6.07) is -0.0358. The summed E-state index contributed by atoms with van der Waals surface area (Å²) < 4.78 is 0. The first kappa shape index (κ1) is 12.2. The van der Waals surface area contributed by atoms with Crippen LogP contribution in [0.3, 0.4) is 0 Å². The first-order valence-electron chi connectivity index (χ1n) is 6.29. The Hall–Kier alpha value is -1.26. The highest BCUT2D eigenvalue weighted by Gasteiger charge is 2.41. The Labute approximate surface area is 101 Å². The first-order valence-corrected chi connectivity index (χ1v) is 6.29. The summed E-state index contributed by atoms with van der Waals surface area (Å²) in [4.78, 5) is 23.9. The van der Waals surface area contributed by atoms with E-state index in [9.17, 15) is 9.59 Å². The smallest absolute Gasteiger partial charge is 0.317 e. The summed E-state index contributed by atoms with van der Waals surface area (Å²) in [5.74, 6) is -0.641. The molecule has 1 aliphatic heterocycles. The maximum Gasteiger partial charge on any atom is 0.317 e. The summed E-state index contributed by atoms with van der Waals surface area (Å²) in [5, 5.41) is 11.6. The Balaban J connectivity index is 1.64. The molecule has 0 aromatic heterocycles. The molecule has 0 spiro atoms. The van der Waals surface area contributed by atoms with E-state index in [1.807, 2.05) is 0 Å². The van der Waals surface area contributed by atoms with E-state index in [0.717, 1.165) is 13.0 Å². The lowest BCUT2D eigenvalue weighted by molar-refractivity contribution is -0.139. The standard InChI is InChI=1S/C12H20N2O3/c1-2-12(3-4-12)8-13-11(17)14-6-9(7-14)5-10(15)16/h9H,2-8H2,1H3,(H,13,17)(H,15,16). The van der Waals surface area contributed by atoms with Crippen LogP contribution in [0.2, 0.25) is 0 Å². The zero-order chi connectivity index (χ0) is 12.5. The topological polar surface area (TPSA) is 69.6 Å². The third-order valence-corrected chi connectivity index (χ3v) is 4.03. The molecule has 1 aliphatic carbocycles. The summed E-state index contributed by atoms with van der Waals surface area (Å²) in [5.41, 5.74) is 0.362. The number of carbonyl (C=O) groups excluding carboxylic acids is 1. The van der Waals surface area contributed by atoms with E-state index in [4.69, 9.17) is 5.11 Å². The molecule has 2 rings (SSSR count). The van der Waals surface area contributed by atoms with Crippen LogP contribution in [-0.2, 0) is 4.79 Å². The number of nitrogens with one attached hydrogen (secondary N) is 1. The van der Waals surface area contributed by atoms with Gasteiger partial charge in [-0.1, -0.05) is 6.92 Å². The molecule has 2 N–H and O–H groups in total. The van der Waals surface area contributed by atoms with Gasteiger partial charge in [0.05, 0.1) is 6.42 Å².